The van der Waals surface area contributed by atoms with Gasteiger partial charge in [-0.05, 0) is 77.4 Å². The average Bonchev–Trinajstić information content (AvgIpc) is 3.66. The Labute approximate surface area is 215 Å². The number of aromatic nitrogens is 5. The van der Waals surface area contributed by atoms with Crippen molar-refractivity contribution < 1.29 is 9.47 Å². The van der Waals surface area contributed by atoms with Crippen molar-refractivity contribution in [3.8, 4) is 11.5 Å². The maximum absolute atomic E-state index is 13.2. The van der Waals surface area contributed by atoms with Gasteiger partial charge in [0.15, 0.2) is 17.3 Å². The van der Waals surface area contributed by atoms with Gasteiger partial charge in [0.25, 0.3) is 5.56 Å². The smallest absolute Gasteiger partial charge is 0.252 e. The highest BCUT2D eigenvalue weighted by Gasteiger charge is 2.30. The summed E-state index contributed by atoms with van der Waals surface area (Å²) in [7, 11) is 0. The lowest BCUT2D eigenvalue weighted by Crippen LogP contribution is -2.32. The molecule has 0 unspecified atom stereocenters. The molecule has 1 saturated carbocycles. The number of pyridine rings is 1. The van der Waals surface area contributed by atoms with Gasteiger partial charge < -0.3 is 14.5 Å². The molecule has 4 aromatic rings. The minimum Gasteiger partial charge on any atom is -0.454 e. The lowest BCUT2D eigenvalue weighted by atomic mass is 10.1. The number of hydrogen-bond acceptors (Lipinski definition) is 7. The summed E-state index contributed by atoms with van der Waals surface area (Å²) < 4.78 is 13.2. The molecule has 1 aliphatic heterocycles. The molecule has 1 aliphatic carbocycles. The lowest BCUT2D eigenvalue weighted by molar-refractivity contribution is 0.158. The van der Waals surface area contributed by atoms with Gasteiger partial charge >= 0.3 is 0 Å². The Balaban J connectivity index is 1.38. The third-order valence-corrected chi connectivity index (χ3v) is 7.59. The minimum absolute atomic E-state index is 0.0610. The Hall–Kier alpha value is -3.72. The Kier molecular flexibility index (Phi) is 6.38. The van der Waals surface area contributed by atoms with Gasteiger partial charge in [-0.25, -0.2) is 4.68 Å². The second-order valence-electron chi connectivity index (χ2n) is 10.2. The Morgan fingerprint density at radius 2 is 1.92 bits per heavy atom. The van der Waals surface area contributed by atoms with E-state index in [9.17, 15) is 4.79 Å². The van der Waals surface area contributed by atoms with E-state index in [4.69, 9.17) is 9.47 Å². The van der Waals surface area contributed by atoms with Crippen LogP contribution >= 0.6 is 0 Å². The fourth-order valence-electron chi connectivity index (χ4n) is 5.68. The second kappa shape index (κ2) is 9.97. The molecular weight excluding hydrogens is 468 g/mol. The number of benzene rings is 2. The maximum atomic E-state index is 13.2. The normalized spacial score (nSPS) is 16.2. The lowest BCUT2D eigenvalue weighted by Gasteiger charge is -2.31. The molecular formula is C28H32N6O3. The highest BCUT2D eigenvalue weighted by molar-refractivity contribution is 5.79. The van der Waals surface area contributed by atoms with Crippen LogP contribution in [0.15, 0.2) is 47.3 Å². The molecule has 9 nitrogen and oxygen atoms in total. The van der Waals surface area contributed by atoms with Crippen LogP contribution in [0, 0.1) is 6.92 Å². The topological polar surface area (TPSA) is 98.2 Å². The number of hydrogen-bond donors (Lipinski definition) is 1. The predicted octanol–water partition coefficient (Wildman–Crippen LogP) is 4.82. The Morgan fingerprint density at radius 1 is 1.08 bits per heavy atom. The Bertz CT molecular complexity index is 1470. The van der Waals surface area contributed by atoms with Gasteiger partial charge in [-0.15, -0.1) is 5.10 Å². The van der Waals surface area contributed by atoms with Crippen LogP contribution in [0.2, 0.25) is 0 Å². The van der Waals surface area contributed by atoms with Crippen LogP contribution in [-0.4, -0.2) is 36.9 Å². The molecule has 0 radical (unpaired) electrons. The first-order valence-electron chi connectivity index (χ1n) is 13.1. The molecule has 192 valence electrons. The van der Waals surface area contributed by atoms with Gasteiger partial charge in [-0.3, -0.25) is 9.69 Å². The van der Waals surface area contributed by atoms with Gasteiger partial charge in [-0.1, -0.05) is 38.0 Å². The van der Waals surface area contributed by atoms with Crippen LogP contribution in [0.5, 0.6) is 11.5 Å². The first kappa shape index (κ1) is 23.7. The van der Waals surface area contributed by atoms with E-state index in [0.717, 1.165) is 64.2 Å². The predicted molar refractivity (Wildman–Crippen MR) is 139 cm³/mol. The van der Waals surface area contributed by atoms with Crippen LogP contribution in [-0.2, 0) is 13.1 Å². The number of ether oxygens (including phenoxy) is 2. The van der Waals surface area contributed by atoms with Gasteiger partial charge in [0, 0.05) is 24.2 Å². The number of H-pyrrole nitrogens is 1. The maximum Gasteiger partial charge on any atom is 0.252 e. The molecule has 37 heavy (non-hydrogen) atoms. The summed E-state index contributed by atoms with van der Waals surface area (Å²) >= 11 is 0. The van der Waals surface area contributed by atoms with Crippen LogP contribution in [0.25, 0.3) is 10.9 Å². The Morgan fingerprint density at radius 3 is 2.76 bits per heavy atom. The molecule has 1 N–H and O–H groups in total. The molecule has 0 spiro atoms. The van der Waals surface area contributed by atoms with Crippen molar-refractivity contribution in [1.82, 2.24) is 30.1 Å². The van der Waals surface area contributed by atoms with Crippen molar-refractivity contribution in [3.05, 3.63) is 75.3 Å². The average molecular weight is 501 g/mol. The summed E-state index contributed by atoms with van der Waals surface area (Å²) in [5.74, 6) is 2.37. The second-order valence-corrected chi connectivity index (χ2v) is 10.2. The van der Waals surface area contributed by atoms with Gasteiger partial charge in [0.2, 0.25) is 6.79 Å². The monoisotopic (exact) mass is 500 g/mol. The zero-order chi connectivity index (χ0) is 25.4. The zero-order valence-electron chi connectivity index (χ0n) is 21.3. The molecule has 1 fully saturated rings. The largest absolute Gasteiger partial charge is 0.454 e. The fourth-order valence-corrected chi connectivity index (χ4v) is 5.68. The number of aryl methyl sites for hydroxylation is 1. The summed E-state index contributed by atoms with van der Waals surface area (Å²) in [5, 5.41) is 14.0. The van der Waals surface area contributed by atoms with Gasteiger partial charge in [0.05, 0.1) is 12.1 Å². The number of nitrogens with zero attached hydrogens (tertiary/aromatic N) is 5. The molecule has 0 bridgehead atoms. The SMILES string of the molecule is CC[C@@H](c1nnnn1C1CCCC1)N(Cc1ccc2c(c1)OCO2)Cc1cc2ccc(C)cc2[nH]c1=O. The highest BCUT2D eigenvalue weighted by atomic mass is 16.7. The van der Waals surface area contributed by atoms with E-state index in [2.05, 4.69) is 50.5 Å². The minimum atomic E-state index is -0.0703. The first-order chi connectivity index (χ1) is 18.1. The van der Waals surface area contributed by atoms with E-state index in [0.29, 0.717) is 19.1 Å². The van der Waals surface area contributed by atoms with Crippen molar-refractivity contribution in [2.24, 2.45) is 0 Å². The quantitative estimate of drug-likeness (QED) is 0.370. The molecule has 2 aliphatic rings. The van der Waals surface area contributed by atoms with Crippen molar-refractivity contribution in [3.63, 3.8) is 0 Å². The number of nitrogens with one attached hydrogen (secondary N) is 1. The number of rotatable bonds is 8. The van der Waals surface area contributed by atoms with E-state index < -0.39 is 0 Å². The molecule has 9 heteroatoms. The molecule has 0 saturated heterocycles. The van der Waals surface area contributed by atoms with Gasteiger partial charge in [-0.2, -0.15) is 0 Å². The van der Waals surface area contributed by atoms with E-state index in [-0.39, 0.29) is 18.4 Å². The van der Waals surface area contributed by atoms with E-state index in [1.165, 1.54) is 12.8 Å². The van der Waals surface area contributed by atoms with Crippen molar-refractivity contribution >= 4 is 10.9 Å². The van der Waals surface area contributed by atoms with Crippen LogP contribution in [0.3, 0.4) is 0 Å². The first-order valence-corrected chi connectivity index (χ1v) is 13.1. The van der Waals surface area contributed by atoms with Crippen molar-refractivity contribution in [2.45, 2.75) is 71.1 Å². The van der Waals surface area contributed by atoms with Crippen molar-refractivity contribution in [2.75, 3.05) is 6.79 Å². The molecule has 1 atom stereocenters. The van der Waals surface area contributed by atoms with Crippen LogP contribution in [0.1, 0.15) is 73.6 Å². The molecule has 0 amide bonds. The third-order valence-electron chi connectivity index (χ3n) is 7.59. The number of fused-ring (bicyclic) bond motifs is 2. The van der Waals surface area contributed by atoms with E-state index in [1.807, 2.05) is 35.9 Å². The number of aromatic amines is 1. The van der Waals surface area contributed by atoms with E-state index in [1.54, 1.807) is 0 Å². The summed E-state index contributed by atoms with van der Waals surface area (Å²) in [5.41, 5.74) is 3.70. The number of tetrazole rings is 1. The summed E-state index contributed by atoms with van der Waals surface area (Å²) in [4.78, 5) is 18.6. The van der Waals surface area contributed by atoms with Crippen LogP contribution in [0.4, 0.5) is 0 Å². The van der Waals surface area contributed by atoms with Gasteiger partial charge in [0.1, 0.15) is 0 Å². The summed E-state index contributed by atoms with van der Waals surface area (Å²) in [6, 6.07) is 14.4. The fraction of sp³-hybridized carbons (Fsp3) is 0.429. The van der Waals surface area contributed by atoms with Crippen molar-refractivity contribution in [1.29, 1.82) is 0 Å². The molecule has 2 aromatic carbocycles. The third kappa shape index (κ3) is 4.71. The molecule has 2 aromatic heterocycles. The molecule has 3 heterocycles. The van der Waals surface area contributed by atoms with Crippen LogP contribution < -0.4 is 15.0 Å². The summed E-state index contributed by atoms with van der Waals surface area (Å²) in [6.45, 7) is 5.49. The highest BCUT2D eigenvalue weighted by Crippen LogP contribution is 2.36. The molecule has 6 rings (SSSR count). The zero-order valence-corrected chi connectivity index (χ0v) is 21.3. The standard InChI is InChI=1S/C28H32N6O3/c1-3-24(27-30-31-32-34(27)22-6-4-5-7-22)33(15-19-9-11-25-26(13-19)37-17-36-25)16-21-14-20-10-8-18(2)12-23(20)29-28(21)35/h8-14,22,24H,3-7,15-17H2,1-2H3,(H,29,35)/t24-/m0/s1. The summed E-state index contributed by atoms with van der Waals surface area (Å²) in [6.07, 6.45) is 5.41. The van der Waals surface area contributed by atoms with E-state index >= 15 is 0 Å².